The third kappa shape index (κ3) is 3.53. The molecule has 0 fully saturated rings. The number of likely N-dealkylation sites (N-methyl/N-ethyl adjacent to an activating group) is 1. The molecule has 2 aliphatic heterocycles. The molecule has 2 aliphatic rings. The largest absolute Gasteiger partial charge is 0.491 e. The van der Waals surface area contributed by atoms with Crippen LogP contribution in [0.3, 0.4) is 0 Å². The van der Waals surface area contributed by atoms with E-state index < -0.39 is 0 Å². The summed E-state index contributed by atoms with van der Waals surface area (Å²) < 4.78 is 11.1. The number of para-hydroxylation sites is 1. The number of rotatable bonds is 3. The van der Waals surface area contributed by atoms with Gasteiger partial charge >= 0.3 is 6.03 Å². The maximum Gasteiger partial charge on any atom is 0.319 e. The van der Waals surface area contributed by atoms with E-state index in [2.05, 4.69) is 10.6 Å². The van der Waals surface area contributed by atoms with Gasteiger partial charge in [-0.3, -0.25) is 4.79 Å². The van der Waals surface area contributed by atoms with Crippen LogP contribution < -0.4 is 25.0 Å². The number of nitrogens with zero attached hydrogens (tertiary/aromatic N) is 1. The smallest absolute Gasteiger partial charge is 0.319 e. The molecule has 0 radical (unpaired) electrons. The molecule has 2 aromatic carbocycles. The van der Waals surface area contributed by atoms with Crippen LogP contribution in [0.25, 0.3) is 0 Å². The van der Waals surface area contributed by atoms with Crippen LogP contribution in [-0.2, 0) is 11.2 Å². The number of carbonyl (C=O) groups excluding carboxylic acids is 2. The Morgan fingerprint density at radius 2 is 2.04 bits per heavy atom. The van der Waals surface area contributed by atoms with Gasteiger partial charge in [-0.05, 0) is 43.2 Å². The molecule has 3 amide bonds. The highest BCUT2D eigenvalue weighted by Crippen LogP contribution is 2.34. The zero-order valence-electron chi connectivity index (χ0n) is 15.0. The van der Waals surface area contributed by atoms with Crippen molar-refractivity contribution >= 4 is 23.3 Å². The number of fused-ring (bicyclic) bond motifs is 2. The highest BCUT2D eigenvalue weighted by atomic mass is 16.5. The number of benzene rings is 2. The summed E-state index contributed by atoms with van der Waals surface area (Å²) in [7, 11) is 0. The van der Waals surface area contributed by atoms with Gasteiger partial charge in [-0.1, -0.05) is 18.2 Å². The van der Waals surface area contributed by atoms with Crippen LogP contribution in [0.5, 0.6) is 11.5 Å². The van der Waals surface area contributed by atoms with Gasteiger partial charge < -0.3 is 25.0 Å². The number of carbonyl (C=O) groups is 2. The Kier molecular flexibility index (Phi) is 4.58. The number of urea groups is 1. The minimum atomic E-state index is -0.311. The highest BCUT2D eigenvalue weighted by Gasteiger charge is 2.25. The van der Waals surface area contributed by atoms with Crippen LogP contribution in [0.15, 0.2) is 42.5 Å². The van der Waals surface area contributed by atoms with Gasteiger partial charge in [-0.2, -0.15) is 0 Å². The fourth-order valence-electron chi connectivity index (χ4n) is 3.40. The maximum atomic E-state index is 12.4. The van der Waals surface area contributed by atoms with Crippen molar-refractivity contribution in [1.29, 1.82) is 0 Å². The first-order valence-electron chi connectivity index (χ1n) is 8.99. The van der Waals surface area contributed by atoms with Gasteiger partial charge in [0, 0.05) is 12.2 Å². The molecule has 7 heteroatoms. The predicted molar refractivity (Wildman–Crippen MR) is 102 cm³/mol. The quantitative estimate of drug-likeness (QED) is 0.874. The van der Waals surface area contributed by atoms with E-state index in [4.69, 9.17) is 9.47 Å². The second-order valence-corrected chi connectivity index (χ2v) is 6.53. The van der Waals surface area contributed by atoms with Gasteiger partial charge in [-0.25, -0.2) is 4.79 Å². The van der Waals surface area contributed by atoms with Gasteiger partial charge in [0.05, 0.1) is 11.7 Å². The Morgan fingerprint density at radius 3 is 2.89 bits per heavy atom. The molecule has 0 saturated carbocycles. The molecular formula is C20H21N3O4. The predicted octanol–water partition coefficient (Wildman–Crippen LogP) is 2.56. The van der Waals surface area contributed by atoms with Crippen molar-refractivity contribution in [2.75, 3.05) is 30.0 Å². The second-order valence-electron chi connectivity index (χ2n) is 6.53. The van der Waals surface area contributed by atoms with Crippen LogP contribution in [0.2, 0.25) is 0 Å². The van der Waals surface area contributed by atoms with E-state index in [-0.39, 0.29) is 24.6 Å². The lowest BCUT2D eigenvalue weighted by molar-refractivity contribution is -0.121. The monoisotopic (exact) mass is 367 g/mol. The molecule has 0 spiro atoms. The number of ether oxygens (including phenoxy) is 2. The first kappa shape index (κ1) is 17.2. The van der Waals surface area contributed by atoms with Crippen LogP contribution in [0.4, 0.5) is 16.2 Å². The molecule has 2 aromatic rings. The summed E-state index contributed by atoms with van der Waals surface area (Å²) in [5.74, 6) is 1.42. The molecule has 140 valence electrons. The average molecular weight is 367 g/mol. The van der Waals surface area contributed by atoms with E-state index in [0.29, 0.717) is 30.3 Å². The Labute approximate surface area is 157 Å². The lowest BCUT2D eigenvalue weighted by Crippen LogP contribution is -2.44. The lowest BCUT2D eigenvalue weighted by atomic mass is 10.0. The normalized spacial score (nSPS) is 17.9. The van der Waals surface area contributed by atoms with Crippen LogP contribution in [-0.4, -0.2) is 37.7 Å². The minimum Gasteiger partial charge on any atom is -0.491 e. The summed E-state index contributed by atoms with van der Waals surface area (Å²) in [6, 6.07) is 12.7. The fourth-order valence-corrected chi connectivity index (χ4v) is 3.40. The van der Waals surface area contributed by atoms with E-state index in [9.17, 15) is 9.59 Å². The topological polar surface area (TPSA) is 79.9 Å². The molecule has 2 N–H and O–H groups in total. The van der Waals surface area contributed by atoms with Gasteiger partial charge in [0.1, 0.15) is 18.1 Å². The molecule has 0 bridgehead atoms. The molecule has 4 rings (SSSR count). The van der Waals surface area contributed by atoms with Crippen molar-refractivity contribution in [3.05, 3.63) is 48.0 Å². The summed E-state index contributed by atoms with van der Waals surface area (Å²) in [5, 5.41) is 5.76. The van der Waals surface area contributed by atoms with Crippen LogP contribution in [0.1, 0.15) is 12.5 Å². The molecule has 0 unspecified atom stereocenters. The van der Waals surface area contributed by atoms with Crippen LogP contribution in [0, 0.1) is 0 Å². The van der Waals surface area contributed by atoms with E-state index in [0.717, 1.165) is 17.7 Å². The van der Waals surface area contributed by atoms with E-state index in [1.54, 1.807) is 23.1 Å². The van der Waals surface area contributed by atoms with E-state index >= 15 is 0 Å². The number of amides is 3. The summed E-state index contributed by atoms with van der Waals surface area (Å²) in [6.07, 6.45) is 0.722. The van der Waals surface area contributed by atoms with Crippen LogP contribution >= 0.6 is 0 Å². The van der Waals surface area contributed by atoms with Crippen molar-refractivity contribution in [3.63, 3.8) is 0 Å². The van der Waals surface area contributed by atoms with Crippen molar-refractivity contribution in [3.8, 4) is 11.5 Å². The van der Waals surface area contributed by atoms with Gasteiger partial charge in [0.25, 0.3) is 5.91 Å². The molecule has 2 heterocycles. The Bertz CT molecular complexity index is 883. The SMILES string of the molecule is CCN1C(=O)COc2ccc(NC(=O)N[C@H]3COc4ccccc4C3)cc21. The van der Waals surface area contributed by atoms with Crippen molar-refractivity contribution < 1.29 is 19.1 Å². The maximum absolute atomic E-state index is 12.4. The lowest BCUT2D eigenvalue weighted by Gasteiger charge is -2.29. The number of hydrogen-bond acceptors (Lipinski definition) is 4. The van der Waals surface area contributed by atoms with Gasteiger partial charge in [-0.15, -0.1) is 0 Å². The van der Waals surface area contributed by atoms with Crippen molar-refractivity contribution in [1.82, 2.24) is 5.32 Å². The summed E-state index contributed by atoms with van der Waals surface area (Å²) in [4.78, 5) is 26.0. The average Bonchev–Trinajstić information content (AvgIpc) is 2.67. The molecular weight excluding hydrogens is 346 g/mol. The zero-order valence-corrected chi connectivity index (χ0v) is 15.0. The van der Waals surface area contributed by atoms with E-state index in [1.807, 2.05) is 31.2 Å². The van der Waals surface area contributed by atoms with Gasteiger partial charge in [0.2, 0.25) is 0 Å². The second kappa shape index (κ2) is 7.19. The standard InChI is InChI=1S/C20H21N3O4/c1-2-23-16-10-14(7-8-18(16)27-12-19(23)24)21-20(25)22-15-9-13-5-3-4-6-17(13)26-11-15/h3-8,10,15H,2,9,11-12H2,1H3,(H2,21,22,25)/t15-/m1/s1. The van der Waals surface area contributed by atoms with Crippen molar-refractivity contribution in [2.24, 2.45) is 0 Å². The summed E-state index contributed by atoms with van der Waals surface area (Å²) in [5.41, 5.74) is 2.35. The molecule has 27 heavy (non-hydrogen) atoms. The number of hydrogen-bond donors (Lipinski definition) is 2. The Hall–Kier alpha value is -3.22. The first-order valence-corrected chi connectivity index (χ1v) is 8.99. The van der Waals surface area contributed by atoms with Crippen molar-refractivity contribution in [2.45, 2.75) is 19.4 Å². The molecule has 0 saturated heterocycles. The first-order chi connectivity index (χ1) is 13.1. The van der Waals surface area contributed by atoms with E-state index in [1.165, 1.54) is 0 Å². The Morgan fingerprint density at radius 1 is 1.19 bits per heavy atom. The Balaban J connectivity index is 1.42. The fraction of sp³-hybridized carbons (Fsp3) is 0.300. The third-order valence-corrected chi connectivity index (χ3v) is 4.69. The molecule has 7 nitrogen and oxygen atoms in total. The molecule has 0 aromatic heterocycles. The highest BCUT2D eigenvalue weighted by molar-refractivity contribution is 5.99. The molecule has 1 atom stereocenters. The minimum absolute atomic E-state index is 0.0389. The summed E-state index contributed by atoms with van der Waals surface area (Å²) in [6.45, 7) is 2.92. The molecule has 0 aliphatic carbocycles. The third-order valence-electron chi connectivity index (χ3n) is 4.69. The number of nitrogens with one attached hydrogen (secondary N) is 2. The zero-order chi connectivity index (χ0) is 18.8. The number of anilines is 2. The van der Waals surface area contributed by atoms with Gasteiger partial charge in [0.15, 0.2) is 6.61 Å². The summed E-state index contributed by atoms with van der Waals surface area (Å²) >= 11 is 0.